The predicted octanol–water partition coefficient (Wildman–Crippen LogP) is 1.85. The molecule has 1 saturated carbocycles. The van der Waals surface area contributed by atoms with Crippen LogP contribution in [0.1, 0.15) is 50.8 Å². The van der Waals surface area contributed by atoms with Crippen molar-refractivity contribution in [2.75, 3.05) is 23.7 Å². The van der Waals surface area contributed by atoms with Crippen molar-refractivity contribution in [1.82, 2.24) is 9.97 Å². The van der Waals surface area contributed by atoms with Gasteiger partial charge in [0.05, 0.1) is 0 Å². The van der Waals surface area contributed by atoms with Crippen molar-refractivity contribution in [1.29, 1.82) is 0 Å². The van der Waals surface area contributed by atoms with Crippen molar-refractivity contribution in [2.24, 2.45) is 5.73 Å². The van der Waals surface area contributed by atoms with E-state index in [1.165, 1.54) is 12.8 Å². The number of carbonyl (C=O) groups excluding carboxylic acids is 1. The van der Waals surface area contributed by atoms with Crippen LogP contribution in [0.25, 0.3) is 0 Å². The van der Waals surface area contributed by atoms with Crippen LogP contribution in [0.4, 0.5) is 11.6 Å². The summed E-state index contributed by atoms with van der Waals surface area (Å²) >= 11 is 0. The molecule has 0 unspecified atom stereocenters. The molecule has 0 spiro atoms. The van der Waals surface area contributed by atoms with Crippen molar-refractivity contribution in [3.05, 3.63) is 11.9 Å². The van der Waals surface area contributed by atoms with E-state index in [4.69, 9.17) is 5.73 Å². The molecule has 1 aromatic rings. The van der Waals surface area contributed by atoms with E-state index < -0.39 is 0 Å². The Balaban J connectivity index is 1.95. The highest BCUT2D eigenvalue weighted by atomic mass is 16.1. The molecule has 4 N–H and O–H groups in total. The second-order valence-corrected chi connectivity index (χ2v) is 5.19. The van der Waals surface area contributed by atoms with Crippen LogP contribution < -0.4 is 16.4 Å². The zero-order valence-electron chi connectivity index (χ0n) is 12.0. The Kier molecular flexibility index (Phi) is 5.15. The number of amides is 1. The minimum Gasteiger partial charge on any atom is -0.370 e. The Morgan fingerprint density at radius 2 is 1.95 bits per heavy atom. The molecule has 0 radical (unpaired) electrons. The minimum atomic E-state index is -0.265. The molecule has 1 amide bonds. The van der Waals surface area contributed by atoms with Gasteiger partial charge >= 0.3 is 0 Å². The molecule has 0 bridgehead atoms. The van der Waals surface area contributed by atoms with Gasteiger partial charge in [0.15, 0.2) is 0 Å². The maximum atomic E-state index is 10.7. The van der Waals surface area contributed by atoms with Crippen LogP contribution >= 0.6 is 0 Å². The third-order valence-electron chi connectivity index (χ3n) is 3.15. The number of hydrogen-bond acceptors (Lipinski definition) is 5. The Morgan fingerprint density at radius 1 is 1.30 bits per heavy atom. The average Bonchev–Trinajstić information content (AvgIpc) is 3.25. The first-order valence-corrected chi connectivity index (χ1v) is 7.34. The molecule has 1 aromatic heterocycles. The largest absolute Gasteiger partial charge is 0.370 e. The monoisotopic (exact) mass is 277 g/mol. The van der Waals surface area contributed by atoms with Gasteiger partial charge in [-0.15, -0.1) is 0 Å². The summed E-state index contributed by atoms with van der Waals surface area (Å²) in [4.78, 5) is 19.8. The first kappa shape index (κ1) is 14.6. The Bertz CT molecular complexity index is 459. The van der Waals surface area contributed by atoms with Crippen molar-refractivity contribution in [3.63, 3.8) is 0 Å². The summed E-state index contributed by atoms with van der Waals surface area (Å²) in [5.74, 6) is 2.87. The van der Waals surface area contributed by atoms with Gasteiger partial charge in [0.2, 0.25) is 5.91 Å². The fourth-order valence-corrected chi connectivity index (χ4v) is 1.90. The van der Waals surface area contributed by atoms with Gasteiger partial charge in [-0.05, 0) is 25.7 Å². The molecule has 1 heterocycles. The van der Waals surface area contributed by atoms with Gasteiger partial charge in [0.1, 0.15) is 17.5 Å². The zero-order chi connectivity index (χ0) is 14.4. The van der Waals surface area contributed by atoms with E-state index in [2.05, 4.69) is 27.5 Å². The molecule has 1 fully saturated rings. The molecule has 1 aliphatic carbocycles. The first-order valence-electron chi connectivity index (χ1n) is 7.34. The van der Waals surface area contributed by atoms with Crippen LogP contribution in [-0.4, -0.2) is 29.0 Å². The summed E-state index contributed by atoms with van der Waals surface area (Å²) in [6, 6.07) is 1.92. The highest BCUT2D eigenvalue weighted by Crippen LogP contribution is 2.38. The Labute approximate surface area is 119 Å². The summed E-state index contributed by atoms with van der Waals surface area (Å²) in [6.07, 6.45) is 4.53. The summed E-state index contributed by atoms with van der Waals surface area (Å²) in [5.41, 5.74) is 5.12. The second-order valence-electron chi connectivity index (χ2n) is 5.19. The van der Waals surface area contributed by atoms with Gasteiger partial charge in [0, 0.05) is 31.5 Å². The van der Waals surface area contributed by atoms with Crippen LogP contribution in [-0.2, 0) is 4.79 Å². The number of nitrogens with zero attached hydrogens (tertiary/aromatic N) is 2. The molecule has 1 aliphatic rings. The number of aromatic nitrogens is 2. The SMILES string of the molecule is CCCNc1cc(NCCCC(N)=O)nc(C2CC2)n1. The minimum absolute atomic E-state index is 0.265. The molecule has 0 saturated heterocycles. The van der Waals surface area contributed by atoms with Gasteiger partial charge in [-0.3, -0.25) is 4.79 Å². The lowest BCUT2D eigenvalue weighted by atomic mass is 10.3. The van der Waals surface area contributed by atoms with Gasteiger partial charge < -0.3 is 16.4 Å². The summed E-state index contributed by atoms with van der Waals surface area (Å²) in [7, 11) is 0. The maximum absolute atomic E-state index is 10.7. The van der Waals surface area contributed by atoms with E-state index in [0.717, 1.165) is 36.8 Å². The van der Waals surface area contributed by atoms with Gasteiger partial charge in [-0.2, -0.15) is 0 Å². The number of hydrogen-bond donors (Lipinski definition) is 3. The fraction of sp³-hybridized carbons (Fsp3) is 0.643. The molecule has 0 aromatic carbocycles. The first-order chi connectivity index (χ1) is 9.69. The molecule has 110 valence electrons. The van der Waals surface area contributed by atoms with Gasteiger partial charge in [0.25, 0.3) is 0 Å². The molecule has 6 nitrogen and oxygen atoms in total. The molecular weight excluding hydrogens is 254 g/mol. The fourth-order valence-electron chi connectivity index (χ4n) is 1.90. The van der Waals surface area contributed by atoms with E-state index in [1.807, 2.05) is 6.07 Å². The topological polar surface area (TPSA) is 92.9 Å². The summed E-state index contributed by atoms with van der Waals surface area (Å²) in [5, 5.41) is 6.54. The van der Waals surface area contributed by atoms with Crippen LogP contribution in [0.2, 0.25) is 0 Å². The number of nitrogens with one attached hydrogen (secondary N) is 2. The standard InChI is InChI=1S/C14H23N5O/c1-2-7-16-12-9-13(17-8-3-4-11(15)20)19-14(18-12)10-5-6-10/h9-10H,2-8H2,1H3,(H2,15,20)(H2,16,17,18,19). The Morgan fingerprint density at radius 3 is 2.50 bits per heavy atom. The van der Waals surface area contributed by atoms with Crippen molar-refractivity contribution in [3.8, 4) is 0 Å². The van der Waals surface area contributed by atoms with Gasteiger partial charge in [-0.1, -0.05) is 6.92 Å². The zero-order valence-corrected chi connectivity index (χ0v) is 12.0. The van der Waals surface area contributed by atoms with E-state index >= 15 is 0 Å². The molecule has 6 heteroatoms. The van der Waals surface area contributed by atoms with Crippen molar-refractivity contribution < 1.29 is 4.79 Å². The third kappa shape index (κ3) is 4.68. The number of anilines is 2. The molecule has 0 aliphatic heterocycles. The van der Waals surface area contributed by atoms with Crippen LogP contribution in [0.3, 0.4) is 0 Å². The lowest BCUT2D eigenvalue weighted by molar-refractivity contribution is -0.118. The Hall–Kier alpha value is -1.85. The third-order valence-corrected chi connectivity index (χ3v) is 3.15. The molecule has 20 heavy (non-hydrogen) atoms. The highest BCUT2D eigenvalue weighted by molar-refractivity contribution is 5.73. The van der Waals surface area contributed by atoms with Crippen molar-refractivity contribution in [2.45, 2.75) is 44.9 Å². The molecule has 0 atom stereocenters. The van der Waals surface area contributed by atoms with Gasteiger partial charge in [-0.25, -0.2) is 9.97 Å². The quantitative estimate of drug-likeness (QED) is 0.599. The number of rotatable bonds is 9. The second kappa shape index (κ2) is 7.07. The lowest BCUT2D eigenvalue weighted by Gasteiger charge is -2.10. The predicted molar refractivity (Wildman–Crippen MR) is 79.7 cm³/mol. The molecular formula is C14H23N5O. The number of primary amides is 1. The summed E-state index contributed by atoms with van der Waals surface area (Å²) in [6.45, 7) is 3.72. The smallest absolute Gasteiger partial charge is 0.217 e. The van der Waals surface area contributed by atoms with Crippen LogP contribution in [0.15, 0.2) is 6.07 Å². The van der Waals surface area contributed by atoms with E-state index in [1.54, 1.807) is 0 Å². The highest BCUT2D eigenvalue weighted by Gasteiger charge is 2.27. The maximum Gasteiger partial charge on any atom is 0.217 e. The van der Waals surface area contributed by atoms with Crippen LogP contribution in [0.5, 0.6) is 0 Å². The van der Waals surface area contributed by atoms with Crippen molar-refractivity contribution >= 4 is 17.5 Å². The lowest BCUT2D eigenvalue weighted by Crippen LogP contribution is -2.13. The van der Waals surface area contributed by atoms with E-state index in [-0.39, 0.29) is 5.91 Å². The van der Waals surface area contributed by atoms with E-state index in [9.17, 15) is 4.79 Å². The number of nitrogens with two attached hydrogens (primary N) is 1. The van der Waals surface area contributed by atoms with Crippen LogP contribution in [0, 0.1) is 0 Å². The normalized spacial score (nSPS) is 14.1. The average molecular weight is 277 g/mol. The van der Waals surface area contributed by atoms with E-state index in [0.29, 0.717) is 18.9 Å². The summed E-state index contributed by atoms with van der Waals surface area (Å²) < 4.78 is 0. The number of carbonyl (C=O) groups is 1. The molecule has 2 rings (SSSR count).